The van der Waals surface area contributed by atoms with Crippen molar-refractivity contribution in [2.75, 3.05) is 0 Å². The number of carbonyl (C=O) groups excluding carboxylic acids is 1. The Morgan fingerprint density at radius 3 is 2.71 bits per heavy atom. The Morgan fingerprint density at radius 2 is 2.18 bits per heavy atom. The van der Waals surface area contributed by atoms with Crippen LogP contribution in [0.5, 0.6) is 0 Å². The monoisotopic (exact) mass is 242 g/mol. The van der Waals surface area contributed by atoms with Crippen LogP contribution in [0.3, 0.4) is 0 Å². The summed E-state index contributed by atoms with van der Waals surface area (Å²) in [6.07, 6.45) is 4.12. The van der Waals surface area contributed by atoms with Crippen LogP contribution in [0.2, 0.25) is 0 Å². The summed E-state index contributed by atoms with van der Waals surface area (Å²) in [7, 11) is 0. The van der Waals surface area contributed by atoms with Gasteiger partial charge in [-0.3, -0.25) is 9.59 Å². The Hall–Kier alpha value is -1.10. The summed E-state index contributed by atoms with van der Waals surface area (Å²) in [5.41, 5.74) is 5.60. The van der Waals surface area contributed by atoms with Crippen LogP contribution in [0.1, 0.15) is 45.4 Å². The zero-order chi connectivity index (χ0) is 12.8. The summed E-state index contributed by atoms with van der Waals surface area (Å²) in [4.78, 5) is 22.3. The molecular weight excluding hydrogens is 220 g/mol. The summed E-state index contributed by atoms with van der Waals surface area (Å²) in [5.74, 6) is -1.02. The number of amides is 1. The summed E-state index contributed by atoms with van der Waals surface area (Å²) in [6.45, 7) is 1.92. The molecule has 0 radical (unpaired) electrons. The maximum Gasteiger partial charge on any atom is 0.306 e. The molecule has 0 aliphatic heterocycles. The zero-order valence-electron chi connectivity index (χ0n) is 10.3. The Bertz CT molecular complexity index is 279. The van der Waals surface area contributed by atoms with E-state index < -0.39 is 5.97 Å². The molecule has 0 saturated heterocycles. The Labute approximate surface area is 102 Å². The number of carboxylic acids is 1. The van der Waals surface area contributed by atoms with E-state index in [-0.39, 0.29) is 23.9 Å². The maximum atomic E-state index is 11.6. The zero-order valence-corrected chi connectivity index (χ0v) is 10.3. The van der Waals surface area contributed by atoms with Crippen LogP contribution in [0.25, 0.3) is 0 Å². The Kier molecular flexibility index (Phi) is 5.41. The van der Waals surface area contributed by atoms with Gasteiger partial charge in [-0.05, 0) is 39.0 Å². The van der Waals surface area contributed by atoms with Crippen molar-refractivity contribution in [2.45, 2.75) is 57.5 Å². The molecule has 1 rings (SSSR count). The summed E-state index contributed by atoms with van der Waals surface area (Å²) < 4.78 is 0. The van der Waals surface area contributed by atoms with Gasteiger partial charge < -0.3 is 16.2 Å². The molecule has 0 aromatic carbocycles. The molecule has 1 amide bonds. The molecule has 1 unspecified atom stereocenters. The lowest BCUT2D eigenvalue weighted by atomic mass is 10.1. The van der Waals surface area contributed by atoms with Crippen LogP contribution < -0.4 is 11.1 Å². The number of nitrogens with one attached hydrogen (secondary N) is 1. The van der Waals surface area contributed by atoms with Crippen molar-refractivity contribution in [1.82, 2.24) is 5.32 Å². The first kappa shape index (κ1) is 14.0. The van der Waals surface area contributed by atoms with Crippen LogP contribution in [0.4, 0.5) is 0 Å². The minimum absolute atomic E-state index is 0.0155. The number of nitrogens with two attached hydrogens (primary N) is 1. The van der Waals surface area contributed by atoms with E-state index in [9.17, 15) is 9.59 Å². The average Bonchev–Trinajstić information content (AvgIpc) is 2.65. The van der Waals surface area contributed by atoms with Crippen LogP contribution in [0, 0.1) is 5.92 Å². The van der Waals surface area contributed by atoms with Crippen molar-refractivity contribution in [1.29, 1.82) is 0 Å². The van der Waals surface area contributed by atoms with Gasteiger partial charge in [0.15, 0.2) is 0 Å². The van der Waals surface area contributed by atoms with E-state index >= 15 is 0 Å². The molecular formula is C12H22N2O3. The molecule has 1 aliphatic carbocycles. The number of hydrogen-bond donors (Lipinski definition) is 3. The van der Waals surface area contributed by atoms with Gasteiger partial charge in [0.1, 0.15) is 0 Å². The normalized spacial score (nSPS) is 25.5. The van der Waals surface area contributed by atoms with E-state index in [4.69, 9.17) is 10.8 Å². The van der Waals surface area contributed by atoms with E-state index in [1.54, 1.807) is 0 Å². The predicted octanol–water partition coefficient (Wildman–Crippen LogP) is 0.873. The molecule has 1 fully saturated rings. The third-order valence-corrected chi connectivity index (χ3v) is 3.21. The summed E-state index contributed by atoms with van der Waals surface area (Å²) in [5, 5.41) is 11.7. The van der Waals surface area contributed by atoms with E-state index in [0.717, 1.165) is 19.3 Å². The molecule has 0 aromatic heterocycles. The second kappa shape index (κ2) is 6.59. The minimum Gasteiger partial charge on any atom is -0.481 e. The van der Waals surface area contributed by atoms with Crippen LogP contribution in [0.15, 0.2) is 0 Å². The molecule has 4 N–H and O–H groups in total. The lowest BCUT2D eigenvalue weighted by Crippen LogP contribution is -2.33. The number of rotatable bonds is 6. The van der Waals surface area contributed by atoms with Gasteiger partial charge >= 0.3 is 5.97 Å². The first-order valence-electron chi connectivity index (χ1n) is 6.26. The predicted molar refractivity (Wildman–Crippen MR) is 64.4 cm³/mol. The van der Waals surface area contributed by atoms with Gasteiger partial charge in [0.2, 0.25) is 5.91 Å². The maximum absolute atomic E-state index is 11.6. The van der Waals surface area contributed by atoms with Gasteiger partial charge in [0.25, 0.3) is 0 Å². The van der Waals surface area contributed by atoms with Gasteiger partial charge in [-0.15, -0.1) is 0 Å². The standard InChI is InChI=1S/C12H22N2O3/c1-8(13)3-2-4-11(15)14-10-6-5-9(7-10)12(16)17/h8-10H,2-7,13H2,1H3,(H,14,15)(H,16,17)/t8?,9-,10+/m1/s1. The van der Waals surface area contributed by atoms with E-state index in [1.807, 2.05) is 6.92 Å². The summed E-state index contributed by atoms with van der Waals surface area (Å²) >= 11 is 0. The van der Waals surface area contributed by atoms with E-state index in [0.29, 0.717) is 19.3 Å². The highest BCUT2D eigenvalue weighted by Gasteiger charge is 2.30. The fourth-order valence-corrected chi connectivity index (χ4v) is 2.22. The molecule has 0 heterocycles. The minimum atomic E-state index is -0.751. The second-order valence-electron chi connectivity index (χ2n) is 4.98. The third kappa shape index (κ3) is 5.17. The van der Waals surface area contributed by atoms with Crippen molar-refractivity contribution in [3.05, 3.63) is 0 Å². The van der Waals surface area contributed by atoms with Crippen molar-refractivity contribution in [3.8, 4) is 0 Å². The lowest BCUT2D eigenvalue weighted by Gasteiger charge is -2.12. The Balaban J connectivity index is 2.17. The molecule has 0 aromatic rings. The highest BCUT2D eigenvalue weighted by atomic mass is 16.4. The van der Waals surface area contributed by atoms with Crippen molar-refractivity contribution >= 4 is 11.9 Å². The van der Waals surface area contributed by atoms with Gasteiger partial charge in [-0.2, -0.15) is 0 Å². The van der Waals surface area contributed by atoms with Crippen molar-refractivity contribution < 1.29 is 14.7 Å². The smallest absolute Gasteiger partial charge is 0.306 e. The third-order valence-electron chi connectivity index (χ3n) is 3.21. The number of hydrogen-bond acceptors (Lipinski definition) is 3. The fraction of sp³-hybridized carbons (Fsp3) is 0.833. The van der Waals surface area contributed by atoms with Gasteiger partial charge in [-0.1, -0.05) is 0 Å². The van der Waals surface area contributed by atoms with Crippen molar-refractivity contribution in [2.24, 2.45) is 11.7 Å². The number of aliphatic carboxylic acids is 1. The number of carbonyl (C=O) groups is 2. The lowest BCUT2D eigenvalue weighted by molar-refractivity contribution is -0.141. The highest BCUT2D eigenvalue weighted by Crippen LogP contribution is 2.25. The van der Waals surface area contributed by atoms with E-state index in [1.165, 1.54) is 0 Å². The first-order valence-corrected chi connectivity index (χ1v) is 6.26. The van der Waals surface area contributed by atoms with Crippen LogP contribution in [-0.2, 0) is 9.59 Å². The summed E-state index contributed by atoms with van der Waals surface area (Å²) in [6, 6.07) is 0.171. The quantitative estimate of drug-likeness (QED) is 0.644. The SMILES string of the molecule is CC(N)CCCC(=O)N[C@H]1CC[C@@H](C(=O)O)C1. The van der Waals surface area contributed by atoms with Crippen molar-refractivity contribution in [3.63, 3.8) is 0 Å². The topological polar surface area (TPSA) is 92.4 Å². The molecule has 0 spiro atoms. The average molecular weight is 242 g/mol. The van der Waals surface area contributed by atoms with Crippen LogP contribution in [-0.4, -0.2) is 29.1 Å². The first-order chi connectivity index (χ1) is 7.99. The number of carboxylic acid groups (broad SMARTS) is 1. The fourth-order valence-electron chi connectivity index (χ4n) is 2.22. The molecule has 5 nitrogen and oxygen atoms in total. The highest BCUT2D eigenvalue weighted by molar-refractivity contribution is 5.76. The molecule has 0 bridgehead atoms. The molecule has 1 aliphatic rings. The second-order valence-corrected chi connectivity index (χ2v) is 4.98. The Morgan fingerprint density at radius 1 is 1.47 bits per heavy atom. The van der Waals surface area contributed by atoms with E-state index in [2.05, 4.69) is 5.32 Å². The molecule has 5 heteroatoms. The van der Waals surface area contributed by atoms with Gasteiger partial charge in [0.05, 0.1) is 5.92 Å². The molecule has 17 heavy (non-hydrogen) atoms. The molecule has 3 atom stereocenters. The largest absolute Gasteiger partial charge is 0.481 e. The van der Waals surface area contributed by atoms with Crippen LogP contribution >= 0.6 is 0 Å². The molecule has 1 saturated carbocycles. The van der Waals surface area contributed by atoms with Gasteiger partial charge in [0, 0.05) is 18.5 Å². The van der Waals surface area contributed by atoms with Gasteiger partial charge in [-0.25, -0.2) is 0 Å². The molecule has 98 valence electrons.